The Hall–Kier alpha value is -1.16. The van der Waals surface area contributed by atoms with Crippen molar-refractivity contribution in [2.45, 2.75) is 39.7 Å². The maximum Gasteiger partial charge on any atom is 0.140 e. The number of hydrogen-bond donors (Lipinski definition) is 1. The second kappa shape index (κ2) is 6.43. The maximum absolute atomic E-state index is 11.8. The van der Waals surface area contributed by atoms with Crippen LogP contribution in [0.1, 0.15) is 32.3 Å². The molecule has 1 rings (SSSR count). The van der Waals surface area contributed by atoms with E-state index in [-0.39, 0.29) is 11.7 Å². The fourth-order valence-electron chi connectivity index (χ4n) is 1.63. The van der Waals surface area contributed by atoms with E-state index in [0.29, 0.717) is 13.0 Å². The summed E-state index contributed by atoms with van der Waals surface area (Å²) >= 11 is 0. The Bertz CT molecular complexity index is 333. The highest BCUT2D eigenvalue weighted by atomic mass is 16.1. The van der Waals surface area contributed by atoms with Gasteiger partial charge >= 0.3 is 0 Å². The van der Waals surface area contributed by atoms with E-state index in [0.717, 1.165) is 24.9 Å². The van der Waals surface area contributed by atoms with Gasteiger partial charge in [-0.1, -0.05) is 6.92 Å². The highest BCUT2D eigenvalue weighted by Crippen LogP contribution is 2.10. The molecule has 4 nitrogen and oxygen atoms in total. The van der Waals surface area contributed by atoms with Crippen LogP contribution < -0.4 is 5.73 Å². The van der Waals surface area contributed by atoms with E-state index >= 15 is 0 Å². The van der Waals surface area contributed by atoms with E-state index < -0.39 is 0 Å². The van der Waals surface area contributed by atoms with Crippen LogP contribution in [0.25, 0.3) is 0 Å². The van der Waals surface area contributed by atoms with Crippen LogP contribution in [0.4, 0.5) is 0 Å². The summed E-state index contributed by atoms with van der Waals surface area (Å²) in [5.41, 5.74) is 6.43. The smallest absolute Gasteiger partial charge is 0.140 e. The minimum Gasteiger partial charge on any atom is -0.330 e. The molecule has 0 saturated carbocycles. The largest absolute Gasteiger partial charge is 0.330 e. The lowest BCUT2D eigenvalue weighted by molar-refractivity contribution is -0.121. The molecule has 16 heavy (non-hydrogen) atoms. The van der Waals surface area contributed by atoms with Gasteiger partial charge in [-0.2, -0.15) is 5.10 Å². The highest BCUT2D eigenvalue weighted by Gasteiger charge is 2.13. The molecule has 1 aromatic heterocycles. The molecule has 2 N–H and O–H groups in total. The van der Waals surface area contributed by atoms with Gasteiger partial charge < -0.3 is 5.73 Å². The zero-order valence-electron chi connectivity index (χ0n) is 10.1. The van der Waals surface area contributed by atoms with Crippen LogP contribution in [0, 0.1) is 5.92 Å². The number of aryl methyl sites for hydroxylation is 1. The first-order chi connectivity index (χ1) is 7.67. The summed E-state index contributed by atoms with van der Waals surface area (Å²) in [6.07, 6.45) is 6.01. The zero-order chi connectivity index (χ0) is 12.0. The maximum atomic E-state index is 11.8. The lowest BCUT2D eigenvalue weighted by Gasteiger charge is -2.08. The van der Waals surface area contributed by atoms with E-state index in [9.17, 15) is 4.79 Å². The highest BCUT2D eigenvalue weighted by molar-refractivity contribution is 5.82. The van der Waals surface area contributed by atoms with Crippen molar-refractivity contribution in [3.8, 4) is 0 Å². The summed E-state index contributed by atoms with van der Waals surface area (Å²) in [5.74, 6) is 0.387. The lowest BCUT2D eigenvalue weighted by Crippen LogP contribution is -2.15. The molecule has 0 radical (unpaired) electrons. The van der Waals surface area contributed by atoms with E-state index in [4.69, 9.17) is 5.73 Å². The number of rotatable bonds is 7. The fraction of sp³-hybridized carbons (Fsp3) is 0.667. The van der Waals surface area contributed by atoms with Crippen molar-refractivity contribution in [3.63, 3.8) is 0 Å². The Labute approximate surface area is 96.8 Å². The van der Waals surface area contributed by atoms with Crippen molar-refractivity contribution in [1.29, 1.82) is 0 Å². The van der Waals surface area contributed by atoms with Crippen LogP contribution >= 0.6 is 0 Å². The summed E-state index contributed by atoms with van der Waals surface area (Å²) in [7, 11) is 0. The van der Waals surface area contributed by atoms with Gasteiger partial charge in [0.15, 0.2) is 0 Å². The van der Waals surface area contributed by atoms with Gasteiger partial charge in [-0.3, -0.25) is 9.48 Å². The molecular weight excluding hydrogens is 202 g/mol. The van der Waals surface area contributed by atoms with Crippen LogP contribution in [0.5, 0.6) is 0 Å². The molecule has 0 aromatic carbocycles. The first-order valence-corrected chi connectivity index (χ1v) is 5.91. The number of hydrogen-bond acceptors (Lipinski definition) is 3. The molecule has 0 spiro atoms. The zero-order valence-corrected chi connectivity index (χ0v) is 10.1. The number of ketones is 1. The van der Waals surface area contributed by atoms with Gasteiger partial charge in [0.05, 0.1) is 6.20 Å². The molecule has 1 unspecified atom stereocenters. The van der Waals surface area contributed by atoms with Crippen molar-refractivity contribution >= 4 is 5.78 Å². The van der Waals surface area contributed by atoms with E-state index in [2.05, 4.69) is 5.10 Å². The third kappa shape index (κ3) is 3.77. The molecule has 0 fully saturated rings. The monoisotopic (exact) mass is 223 g/mol. The minimum absolute atomic E-state index is 0.105. The second-order valence-electron chi connectivity index (χ2n) is 4.18. The fourth-order valence-corrected chi connectivity index (χ4v) is 1.63. The Kier molecular flexibility index (Phi) is 5.19. The Morgan fingerprint density at radius 2 is 2.38 bits per heavy atom. The molecule has 0 amide bonds. The van der Waals surface area contributed by atoms with Gasteiger partial charge in [0.25, 0.3) is 0 Å². The molecule has 0 bridgehead atoms. The van der Waals surface area contributed by atoms with E-state index in [1.165, 1.54) is 0 Å². The summed E-state index contributed by atoms with van der Waals surface area (Å²) in [4.78, 5) is 11.8. The number of carbonyl (C=O) groups is 1. The van der Waals surface area contributed by atoms with Crippen LogP contribution in [0.2, 0.25) is 0 Å². The van der Waals surface area contributed by atoms with Crippen molar-refractivity contribution in [2.75, 3.05) is 6.54 Å². The molecule has 90 valence electrons. The van der Waals surface area contributed by atoms with Crippen LogP contribution in [-0.2, 0) is 17.8 Å². The molecule has 0 saturated heterocycles. The van der Waals surface area contributed by atoms with Crippen molar-refractivity contribution in [1.82, 2.24) is 9.78 Å². The molecular formula is C12H21N3O. The Balaban J connectivity index is 2.44. The standard InChI is InChI=1S/C12H21N3O/c1-3-15-9-11(8-14-15)7-12(16)10(2)5-4-6-13/h8-10H,3-7,13H2,1-2H3. The number of carbonyl (C=O) groups excluding carboxylic acids is 1. The SMILES string of the molecule is CCn1cc(CC(=O)C(C)CCCN)cn1. The number of nitrogens with two attached hydrogens (primary N) is 1. The average molecular weight is 223 g/mol. The Morgan fingerprint density at radius 1 is 1.62 bits per heavy atom. The Morgan fingerprint density at radius 3 is 2.94 bits per heavy atom. The summed E-state index contributed by atoms with van der Waals surface area (Å²) in [6.45, 7) is 5.51. The predicted octanol–water partition coefficient (Wildman–Crippen LogP) is 1.39. The van der Waals surface area contributed by atoms with Crippen molar-refractivity contribution in [3.05, 3.63) is 18.0 Å². The van der Waals surface area contributed by atoms with Gasteiger partial charge in [-0.05, 0) is 31.9 Å². The predicted molar refractivity (Wildman–Crippen MR) is 64.1 cm³/mol. The summed E-state index contributed by atoms with van der Waals surface area (Å²) in [6, 6.07) is 0. The second-order valence-corrected chi connectivity index (χ2v) is 4.18. The van der Waals surface area contributed by atoms with Crippen LogP contribution in [-0.4, -0.2) is 22.1 Å². The lowest BCUT2D eigenvalue weighted by atomic mass is 9.96. The number of Topliss-reactive ketones (excluding diaryl/α,β-unsaturated/α-hetero) is 1. The molecule has 0 aliphatic heterocycles. The van der Waals surface area contributed by atoms with Gasteiger partial charge in [0.1, 0.15) is 5.78 Å². The first-order valence-electron chi connectivity index (χ1n) is 5.91. The van der Waals surface area contributed by atoms with Crippen molar-refractivity contribution < 1.29 is 4.79 Å². The molecule has 4 heteroatoms. The topological polar surface area (TPSA) is 60.9 Å². The quantitative estimate of drug-likeness (QED) is 0.760. The van der Waals surface area contributed by atoms with Crippen LogP contribution in [0.3, 0.4) is 0 Å². The first kappa shape index (κ1) is 12.9. The summed E-state index contributed by atoms with van der Waals surface area (Å²) < 4.78 is 1.84. The van der Waals surface area contributed by atoms with Gasteiger partial charge in [0, 0.05) is 25.1 Å². The number of aromatic nitrogens is 2. The molecule has 1 aromatic rings. The third-order valence-corrected chi connectivity index (χ3v) is 2.78. The van der Waals surface area contributed by atoms with Gasteiger partial charge in [0.2, 0.25) is 0 Å². The molecule has 1 atom stereocenters. The van der Waals surface area contributed by atoms with Crippen molar-refractivity contribution in [2.24, 2.45) is 11.7 Å². The summed E-state index contributed by atoms with van der Waals surface area (Å²) in [5, 5.41) is 4.15. The van der Waals surface area contributed by atoms with Crippen LogP contribution in [0.15, 0.2) is 12.4 Å². The van der Waals surface area contributed by atoms with E-state index in [1.54, 1.807) is 6.20 Å². The molecule has 0 aliphatic carbocycles. The average Bonchev–Trinajstić information content (AvgIpc) is 2.73. The minimum atomic E-state index is 0.105. The van der Waals surface area contributed by atoms with Gasteiger partial charge in [-0.25, -0.2) is 0 Å². The molecule has 0 aliphatic rings. The third-order valence-electron chi connectivity index (χ3n) is 2.78. The molecule has 1 heterocycles. The normalized spacial score (nSPS) is 12.7. The number of nitrogens with zero attached hydrogens (tertiary/aromatic N) is 2. The van der Waals surface area contributed by atoms with Gasteiger partial charge in [-0.15, -0.1) is 0 Å². The van der Waals surface area contributed by atoms with E-state index in [1.807, 2.05) is 24.7 Å².